The fourth-order valence-electron chi connectivity index (χ4n) is 2.72. The molecule has 0 aliphatic rings. The number of fused-ring (bicyclic) bond motifs is 1. The Bertz CT molecular complexity index is 1080. The van der Waals surface area contributed by atoms with Gasteiger partial charge in [0.25, 0.3) is 0 Å². The minimum Gasteiger partial charge on any atom is -0.366 e. The van der Waals surface area contributed by atoms with E-state index in [0.717, 1.165) is 5.56 Å². The first-order chi connectivity index (χ1) is 12.1. The Hall–Kier alpha value is -3.48. The minimum absolute atomic E-state index is 0.0587. The van der Waals surface area contributed by atoms with E-state index in [1.807, 2.05) is 30.3 Å². The number of nitrogen functional groups attached to an aromatic ring is 1. The number of aryl methyl sites for hydroxylation is 1. The van der Waals surface area contributed by atoms with Gasteiger partial charge in [0.15, 0.2) is 0 Å². The molecule has 122 valence electrons. The molecular weight excluding hydrogens is 319 g/mol. The van der Waals surface area contributed by atoms with E-state index in [1.54, 1.807) is 13.0 Å². The molecular formula is C18H13FN6. The maximum atomic E-state index is 14.5. The Balaban J connectivity index is 2.00. The van der Waals surface area contributed by atoms with Gasteiger partial charge < -0.3 is 5.73 Å². The van der Waals surface area contributed by atoms with E-state index < -0.39 is 5.82 Å². The molecule has 0 radical (unpaired) electrons. The van der Waals surface area contributed by atoms with Crippen LogP contribution in [0.1, 0.15) is 5.69 Å². The summed E-state index contributed by atoms with van der Waals surface area (Å²) < 4.78 is 14.5. The number of nitrogens with zero attached hydrogens (tertiary/aromatic N) is 5. The van der Waals surface area contributed by atoms with E-state index in [-0.39, 0.29) is 11.5 Å². The third kappa shape index (κ3) is 2.65. The number of hydrogen-bond donors (Lipinski definition) is 1. The topological polar surface area (TPSA) is 90.5 Å². The van der Waals surface area contributed by atoms with Crippen LogP contribution in [0.3, 0.4) is 0 Å². The molecule has 25 heavy (non-hydrogen) atoms. The first kappa shape index (κ1) is 15.1. The lowest BCUT2D eigenvalue weighted by Crippen LogP contribution is -2.03. The van der Waals surface area contributed by atoms with Crippen molar-refractivity contribution in [3.63, 3.8) is 0 Å². The first-order valence-corrected chi connectivity index (χ1v) is 7.60. The van der Waals surface area contributed by atoms with Crippen molar-refractivity contribution in [2.24, 2.45) is 0 Å². The van der Waals surface area contributed by atoms with Gasteiger partial charge in [-0.15, -0.1) is 10.2 Å². The highest BCUT2D eigenvalue weighted by Gasteiger charge is 2.16. The van der Waals surface area contributed by atoms with E-state index in [0.29, 0.717) is 28.0 Å². The number of aromatic nitrogens is 5. The summed E-state index contributed by atoms with van der Waals surface area (Å²) in [6, 6.07) is 12.6. The second-order valence-electron chi connectivity index (χ2n) is 5.55. The molecule has 4 aromatic rings. The predicted molar refractivity (Wildman–Crippen MR) is 92.9 cm³/mol. The normalized spacial score (nSPS) is 11.0. The van der Waals surface area contributed by atoms with Gasteiger partial charge in [-0.3, -0.25) is 0 Å². The molecule has 0 amide bonds. The predicted octanol–water partition coefficient (Wildman–Crippen LogP) is 3.18. The van der Waals surface area contributed by atoms with Gasteiger partial charge in [-0.1, -0.05) is 30.3 Å². The quantitative estimate of drug-likeness (QED) is 0.606. The Morgan fingerprint density at radius 2 is 1.72 bits per heavy atom. The highest BCUT2D eigenvalue weighted by molar-refractivity contribution is 5.88. The fraction of sp³-hybridized carbons (Fsp3) is 0.0556. The van der Waals surface area contributed by atoms with Gasteiger partial charge in [0.1, 0.15) is 29.0 Å². The smallest absolute Gasteiger partial charge is 0.240 e. The lowest BCUT2D eigenvalue weighted by atomic mass is 10.0. The minimum atomic E-state index is -0.448. The van der Waals surface area contributed by atoms with Crippen LogP contribution in [-0.2, 0) is 0 Å². The average Bonchev–Trinajstić information content (AvgIpc) is 2.63. The van der Waals surface area contributed by atoms with E-state index >= 15 is 0 Å². The zero-order chi connectivity index (χ0) is 17.4. The van der Waals surface area contributed by atoms with E-state index in [2.05, 4.69) is 25.1 Å². The zero-order valence-corrected chi connectivity index (χ0v) is 13.3. The second kappa shape index (κ2) is 5.86. The van der Waals surface area contributed by atoms with Crippen molar-refractivity contribution in [3.05, 3.63) is 60.3 Å². The number of anilines is 1. The maximum absolute atomic E-state index is 14.5. The molecule has 0 saturated heterocycles. The molecule has 0 saturated carbocycles. The van der Waals surface area contributed by atoms with Crippen molar-refractivity contribution in [3.8, 4) is 22.5 Å². The van der Waals surface area contributed by atoms with Crippen LogP contribution in [0.2, 0.25) is 0 Å². The highest BCUT2D eigenvalue weighted by atomic mass is 19.1. The van der Waals surface area contributed by atoms with Crippen LogP contribution in [0.5, 0.6) is 0 Å². The van der Waals surface area contributed by atoms with Crippen LogP contribution in [0, 0.1) is 12.7 Å². The second-order valence-corrected chi connectivity index (χ2v) is 5.55. The van der Waals surface area contributed by atoms with Crippen LogP contribution >= 0.6 is 0 Å². The standard InChI is InChI=1S/C18H13FN6/c1-10-13-7-12(8-14(19)17(13)22-9-21-10)16-15(23-18(20)25-24-16)11-5-3-2-4-6-11/h2-9H,1H3,(H2,20,23,25). The van der Waals surface area contributed by atoms with Crippen LogP contribution < -0.4 is 5.73 Å². The molecule has 0 atom stereocenters. The lowest BCUT2D eigenvalue weighted by Gasteiger charge is -2.10. The van der Waals surface area contributed by atoms with E-state index in [1.165, 1.54) is 12.4 Å². The summed E-state index contributed by atoms with van der Waals surface area (Å²) in [5, 5.41) is 8.61. The first-order valence-electron chi connectivity index (χ1n) is 7.60. The summed E-state index contributed by atoms with van der Waals surface area (Å²) in [6.07, 6.45) is 1.35. The maximum Gasteiger partial charge on any atom is 0.240 e. The monoisotopic (exact) mass is 332 g/mol. The molecule has 2 N–H and O–H groups in total. The Kier molecular flexibility index (Phi) is 3.53. The third-order valence-electron chi connectivity index (χ3n) is 3.92. The van der Waals surface area contributed by atoms with Crippen molar-refractivity contribution in [2.75, 3.05) is 5.73 Å². The van der Waals surface area contributed by atoms with Gasteiger partial charge in [-0.25, -0.2) is 19.3 Å². The number of nitrogens with two attached hydrogens (primary N) is 1. The van der Waals surface area contributed by atoms with Crippen LogP contribution in [0.4, 0.5) is 10.3 Å². The number of hydrogen-bond acceptors (Lipinski definition) is 6. The number of halogens is 1. The largest absolute Gasteiger partial charge is 0.366 e. The fourth-order valence-corrected chi connectivity index (χ4v) is 2.72. The molecule has 7 heteroatoms. The summed E-state index contributed by atoms with van der Waals surface area (Å²) in [5.41, 5.74) is 9.02. The molecule has 0 aliphatic heterocycles. The van der Waals surface area contributed by atoms with Gasteiger partial charge in [-0.2, -0.15) is 0 Å². The van der Waals surface area contributed by atoms with Crippen molar-refractivity contribution in [1.29, 1.82) is 0 Å². The van der Waals surface area contributed by atoms with Crippen LogP contribution in [-0.4, -0.2) is 25.1 Å². The summed E-state index contributed by atoms with van der Waals surface area (Å²) in [5.74, 6) is -0.390. The van der Waals surface area contributed by atoms with E-state index in [4.69, 9.17) is 5.73 Å². The number of rotatable bonds is 2. The summed E-state index contributed by atoms with van der Waals surface area (Å²) in [6.45, 7) is 1.80. The third-order valence-corrected chi connectivity index (χ3v) is 3.92. The average molecular weight is 332 g/mol. The van der Waals surface area contributed by atoms with Crippen molar-refractivity contribution in [1.82, 2.24) is 25.1 Å². The Labute approximate surface area is 142 Å². The highest BCUT2D eigenvalue weighted by Crippen LogP contribution is 2.31. The molecule has 2 heterocycles. The molecule has 0 spiro atoms. The molecule has 6 nitrogen and oxygen atoms in total. The summed E-state index contributed by atoms with van der Waals surface area (Å²) in [7, 11) is 0. The van der Waals surface area contributed by atoms with Crippen molar-refractivity contribution < 1.29 is 4.39 Å². The summed E-state index contributed by atoms with van der Waals surface area (Å²) >= 11 is 0. The van der Waals surface area contributed by atoms with E-state index in [9.17, 15) is 4.39 Å². The molecule has 0 bridgehead atoms. The Morgan fingerprint density at radius 1 is 0.920 bits per heavy atom. The Morgan fingerprint density at radius 3 is 2.52 bits per heavy atom. The van der Waals surface area contributed by atoms with Gasteiger partial charge in [0.05, 0.1) is 0 Å². The molecule has 4 rings (SSSR count). The van der Waals surface area contributed by atoms with Gasteiger partial charge in [-0.05, 0) is 19.1 Å². The number of benzene rings is 2. The SMILES string of the molecule is Cc1ncnc2c(F)cc(-c3nnc(N)nc3-c3ccccc3)cc12. The van der Waals surface area contributed by atoms with Crippen molar-refractivity contribution in [2.45, 2.75) is 6.92 Å². The zero-order valence-electron chi connectivity index (χ0n) is 13.3. The van der Waals surface area contributed by atoms with Crippen LogP contribution in [0.15, 0.2) is 48.8 Å². The van der Waals surface area contributed by atoms with Crippen LogP contribution in [0.25, 0.3) is 33.4 Å². The molecule has 0 aliphatic carbocycles. The molecule has 0 unspecified atom stereocenters. The molecule has 2 aromatic heterocycles. The van der Waals surface area contributed by atoms with Gasteiger partial charge in [0, 0.05) is 22.2 Å². The van der Waals surface area contributed by atoms with Crippen molar-refractivity contribution >= 4 is 16.9 Å². The lowest BCUT2D eigenvalue weighted by molar-refractivity contribution is 0.636. The van der Waals surface area contributed by atoms with Gasteiger partial charge >= 0.3 is 0 Å². The van der Waals surface area contributed by atoms with Gasteiger partial charge in [0.2, 0.25) is 5.95 Å². The molecule has 0 fully saturated rings. The summed E-state index contributed by atoms with van der Waals surface area (Å²) in [4.78, 5) is 12.4. The molecule has 2 aromatic carbocycles.